The maximum atomic E-state index is 13.9. The third-order valence-electron chi connectivity index (χ3n) is 8.19. The van der Waals surface area contributed by atoms with E-state index in [1.165, 1.54) is 12.1 Å². The van der Waals surface area contributed by atoms with Crippen LogP contribution in [0.3, 0.4) is 0 Å². The topological polar surface area (TPSA) is 56.5 Å². The smallest absolute Gasteiger partial charge is 0.309 e. The fourth-order valence-corrected chi connectivity index (χ4v) is 5.97. The normalized spacial score (nSPS) is 11.7. The zero-order chi connectivity index (χ0) is 32.0. The molecule has 0 aliphatic carbocycles. The molecule has 3 aromatic heterocycles. The van der Waals surface area contributed by atoms with Gasteiger partial charge in [-0.15, -0.1) is 0 Å². The summed E-state index contributed by atoms with van der Waals surface area (Å²) in [5.41, 5.74) is 5.64. The second-order valence-electron chi connectivity index (χ2n) is 11.1. The Balaban J connectivity index is 1.45. The molecule has 8 rings (SSSR count). The average Bonchev–Trinajstić information content (AvgIpc) is 3.45. The van der Waals surface area contributed by atoms with Gasteiger partial charge in [0.05, 0.1) is 22.3 Å². The molecule has 0 unspecified atom stereocenters. The minimum atomic E-state index is -4.47. The minimum Gasteiger partial charge on any atom is -0.309 e. The van der Waals surface area contributed by atoms with Gasteiger partial charge in [0.15, 0.2) is 17.5 Å². The molecule has 8 aromatic rings. The van der Waals surface area contributed by atoms with Crippen LogP contribution in [0.4, 0.5) is 13.2 Å². The predicted molar refractivity (Wildman–Crippen MR) is 179 cm³/mol. The van der Waals surface area contributed by atoms with Crippen molar-refractivity contribution in [2.75, 3.05) is 0 Å². The lowest BCUT2D eigenvalue weighted by Crippen LogP contribution is -2.05. The van der Waals surface area contributed by atoms with Gasteiger partial charge in [0.1, 0.15) is 0 Å². The molecule has 0 amide bonds. The zero-order valence-electron chi connectivity index (χ0n) is 24.7. The standard InChI is InChI=1S/C39H24F3N5/c40-39(41,42)29-16-18-34-31(24-29)30-13-7-8-14-33(30)47(34)35-17-15-28(25-19-21-43-22-20-25)23-32(35)38-45-36(26-9-3-1-4-10-26)44-37(46-38)27-11-5-2-6-12-27/h1-24H. The van der Waals surface area contributed by atoms with Gasteiger partial charge in [0.2, 0.25) is 0 Å². The Hall–Kier alpha value is -6.15. The quantitative estimate of drug-likeness (QED) is 0.192. The fraction of sp³-hybridized carbons (Fsp3) is 0.0256. The number of rotatable bonds is 5. The molecule has 0 saturated heterocycles. The Morgan fingerprint density at radius 3 is 1.72 bits per heavy atom. The van der Waals surface area contributed by atoms with Crippen LogP contribution in [0.25, 0.3) is 72.8 Å². The lowest BCUT2D eigenvalue weighted by atomic mass is 10.0. The van der Waals surface area contributed by atoms with Gasteiger partial charge in [0, 0.05) is 39.9 Å². The lowest BCUT2D eigenvalue weighted by Gasteiger charge is -2.16. The molecule has 0 aliphatic rings. The van der Waals surface area contributed by atoms with Crippen molar-refractivity contribution in [2.24, 2.45) is 0 Å². The monoisotopic (exact) mass is 619 g/mol. The van der Waals surface area contributed by atoms with Crippen LogP contribution < -0.4 is 0 Å². The zero-order valence-corrected chi connectivity index (χ0v) is 24.7. The molecule has 0 aliphatic heterocycles. The van der Waals surface area contributed by atoms with E-state index in [-0.39, 0.29) is 0 Å². The summed E-state index contributed by atoms with van der Waals surface area (Å²) in [5.74, 6) is 1.44. The highest BCUT2D eigenvalue weighted by molar-refractivity contribution is 6.10. The van der Waals surface area contributed by atoms with E-state index in [0.717, 1.165) is 39.5 Å². The third kappa shape index (κ3) is 5.19. The molecular formula is C39H24F3N5. The van der Waals surface area contributed by atoms with E-state index in [4.69, 9.17) is 15.0 Å². The Labute approximate surface area is 267 Å². The Kier molecular flexibility index (Phi) is 6.83. The van der Waals surface area contributed by atoms with Gasteiger partial charge in [0.25, 0.3) is 0 Å². The number of pyridine rings is 1. The lowest BCUT2D eigenvalue weighted by molar-refractivity contribution is -0.137. The van der Waals surface area contributed by atoms with Crippen molar-refractivity contribution in [1.29, 1.82) is 0 Å². The maximum absolute atomic E-state index is 13.9. The van der Waals surface area contributed by atoms with Gasteiger partial charge in [-0.2, -0.15) is 13.2 Å². The summed E-state index contributed by atoms with van der Waals surface area (Å²) in [5, 5.41) is 1.22. The van der Waals surface area contributed by atoms with E-state index in [1.807, 2.05) is 120 Å². The number of fused-ring (bicyclic) bond motifs is 3. The van der Waals surface area contributed by atoms with Crippen molar-refractivity contribution in [1.82, 2.24) is 24.5 Å². The van der Waals surface area contributed by atoms with Gasteiger partial charge >= 0.3 is 6.18 Å². The number of hydrogen-bond acceptors (Lipinski definition) is 4. The van der Waals surface area contributed by atoms with Crippen LogP contribution in [0.2, 0.25) is 0 Å². The van der Waals surface area contributed by atoms with Crippen LogP contribution in [0, 0.1) is 0 Å². The molecule has 0 fully saturated rings. The van der Waals surface area contributed by atoms with Crippen molar-refractivity contribution in [3.63, 3.8) is 0 Å². The molecule has 3 heterocycles. The van der Waals surface area contributed by atoms with Gasteiger partial charge in [-0.1, -0.05) is 84.9 Å². The van der Waals surface area contributed by atoms with Crippen molar-refractivity contribution in [2.45, 2.75) is 6.18 Å². The van der Waals surface area contributed by atoms with Crippen LogP contribution in [0.1, 0.15) is 5.56 Å². The number of benzene rings is 5. The van der Waals surface area contributed by atoms with Crippen molar-refractivity contribution >= 4 is 21.8 Å². The molecule has 0 bridgehead atoms. The van der Waals surface area contributed by atoms with E-state index >= 15 is 0 Å². The van der Waals surface area contributed by atoms with E-state index in [2.05, 4.69) is 4.98 Å². The summed E-state index contributed by atoms with van der Waals surface area (Å²) in [6.07, 6.45) is -1.00. The molecule has 8 heteroatoms. The summed E-state index contributed by atoms with van der Waals surface area (Å²) in [6.45, 7) is 0. The number of hydrogen-bond donors (Lipinski definition) is 0. The van der Waals surface area contributed by atoms with Gasteiger partial charge in [-0.25, -0.2) is 15.0 Å². The fourth-order valence-electron chi connectivity index (χ4n) is 5.97. The molecule has 0 saturated carbocycles. The molecule has 0 atom stereocenters. The average molecular weight is 620 g/mol. The number of nitrogens with zero attached hydrogens (tertiary/aromatic N) is 5. The van der Waals surface area contributed by atoms with E-state index in [1.54, 1.807) is 12.4 Å². The molecule has 0 radical (unpaired) electrons. The molecule has 0 N–H and O–H groups in total. The first-order valence-electron chi connectivity index (χ1n) is 15.0. The number of halogens is 3. The molecule has 5 nitrogen and oxygen atoms in total. The maximum Gasteiger partial charge on any atom is 0.416 e. The molecular weight excluding hydrogens is 595 g/mol. The Morgan fingerprint density at radius 2 is 1.06 bits per heavy atom. The first-order chi connectivity index (χ1) is 22.9. The highest BCUT2D eigenvalue weighted by atomic mass is 19.4. The number of aromatic nitrogens is 5. The summed E-state index contributed by atoms with van der Waals surface area (Å²) in [4.78, 5) is 19.1. The third-order valence-corrected chi connectivity index (χ3v) is 8.19. The number of para-hydroxylation sites is 1. The van der Waals surface area contributed by atoms with Gasteiger partial charge in [-0.3, -0.25) is 4.98 Å². The molecule has 226 valence electrons. The van der Waals surface area contributed by atoms with Crippen LogP contribution >= 0.6 is 0 Å². The second-order valence-corrected chi connectivity index (χ2v) is 11.1. The predicted octanol–water partition coefficient (Wildman–Crippen LogP) is 10.1. The van der Waals surface area contributed by atoms with Crippen molar-refractivity contribution in [3.8, 4) is 51.0 Å². The van der Waals surface area contributed by atoms with Crippen LogP contribution in [-0.4, -0.2) is 24.5 Å². The van der Waals surface area contributed by atoms with Gasteiger partial charge < -0.3 is 4.57 Å². The van der Waals surface area contributed by atoms with Crippen LogP contribution in [0.15, 0.2) is 146 Å². The highest BCUT2D eigenvalue weighted by Gasteiger charge is 2.31. The van der Waals surface area contributed by atoms with E-state index < -0.39 is 11.7 Å². The minimum absolute atomic E-state index is 0.432. The number of alkyl halides is 3. The molecule has 47 heavy (non-hydrogen) atoms. The van der Waals surface area contributed by atoms with E-state index in [0.29, 0.717) is 39.3 Å². The van der Waals surface area contributed by atoms with Crippen molar-refractivity contribution in [3.05, 3.63) is 151 Å². The SMILES string of the molecule is FC(F)(F)c1ccc2c(c1)c1ccccc1n2-c1ccc(-c2ccncc2)cc1-c1nc(-c2ccccc2)nc(-c2ccccc2)n1. The van der Waals surface area contributed by atoms with E-state index in [9.17, 15) is 13.2 Å². The largest absolute Gasteiger partial charge is 0.416 e. The van der Waals surface area contributed by atoms with Gasteiger partial charge in [-0.05, 0) is 59.7 Å². The molecule has 5 aromatic carbocycles. The first-order valence-corrected chi connectivity index (χ1v) is 15.0. The van der Waals surface area contributed by atoms with Crippen molar-refractivity contribution < 1.29 is 13.2 Å². The Bertz CT molecular complexity index is 2330. The van der Waals surface area contributed by atoms with Crippen LogP contribution in [0.5, 0.6) is 0 Å². The highest BCUT2D eigenvalue weighted by Crippen LogP contribution is 2.40. The summed E-state index contributed by atoms with van der Waals surface area (Å²) < 4.78 is 43.6. The molecule has 0 spiro atoms. The second kappa shape index (κ2) is 11.3. The summed E-state index contributed by atoms with van der Waals surface area (Å²) in [7, 11) is 0. The first kappa shape index (κ1) is 28.3. The Morgan fingerprint density at radius 1 is 0.468 bits per heavy atom. The summed E-state index contributed by atoms with van der Waals surface area (Å²) >= 11 is 0. The summed E-state index contributed by atoms with van der Waals surface area (Å²) in [6, 6.07) is 40.7. The van der Waals surface area contributed by atoms with Crippen LogP contribution in [-0.2, 0) is 6.18 Å².